The zero-order chi connectivity index (χ0) is 20.3. The minimum atomic E-state index is 0. The van der Waals surface area contributed by atoms with Crippen molar-refractivity contribution in [1.82, 2.24) is 15.2 Å². The van der Waals surface area contributed by atoms with Gasteiger partial charge in [-0.15, -0.1) is 24.0 Å². The van der Waals surface area contributed by atoms with Gasteiger partial charge in [0.25, 0.3) is 0 Å². The van der Waals surface area contributed by atoms with Crippen LogP contribution < -0.4 is 10.1 Å². The molecule has 3 heterocycles. The first-order chi connectivity index (χ1) is 14.3. The van der Waals surface area contributed by atoms with E-state index in [2.05, 4.69) is 22.1 Å². The van der Waals surface area contributed by atoms with Gasteiger partial charge in [0.1, 0.15) is 0 Å². The maximum atomic E-state index is 6.14. The molecule has 0 bridgehead atoms. The minimum Gasteiger partial charge on any atom is -0.478 e. The van der Waals surface area contributed by atoms with Crippen LogP contribution in [0.15, 0.2) is 23.3 Å². The van der Waals surface area contributed by atoms with E-state index in [-0.39, 0.29) is 24.0 Å². The summed E-state index contributed by atoms with van der Waals surface area (Å²) in [6, 6.07) is 3.95. The van der Waals surface area contributed by atoms with Gasteiger partial charge in [-0.25, -0.2) is 9.98 Å². The second kappa shape index (κ2) is 14.0. The third kappa shape index (κ3) is 8.19. The van der Waals surface area contributed by atoms with Crippen molar-refractivity contribution in [1.29, 1.82) is 0 Å². The molecule has 1 aromatic heterocycles. The molecule has 0 radical (unpaired) electrons. The van der Waals surface area contributed by atoms with Crippen molar-refractivity contribution in [2.24, 2.45) is 4.99 Å². The van der Waals surface area contributed by atoms with E-state index in [1.807, 2.05) is 19.1 Å². The summed E-state index contributed by atoms with van der Waals surface area (Å²) >= 11 is 0. The molecule has 8 heteroatoms. The molecular formula is C22H37IN4O3. The van der Waals surface area contributed by atoms with Gasteiger partial charge in [-0.3, -0.25) is 0 Å². The Hall–Kier alpha value is -1.13. The highest BCUT2D eigenvalue weighted by molar-refractivity contribution is 14.0. The zero-order valence-corrected chi connectivity index (χ0v) is 20.7. The number of guanidine groups is 1. The van der Waals surface area contributed by atoms with Crippen molar-refractivity contribution in [2.75, 3.05) is 39.5 Å². The standard InChI is InChI=1S/C22H36N4O3.HI/c1-3-23-22(25-16-18-8-11-24-21(15-18)27-4-2)26-12-9-19(10-13-26)29-17-20-7-5-6-14-28-20;/h8,11,15,19-20H,3-7,9-10,12-14,16-17H2,1-2H3,(H,23,25);1H. The Labute approximate surface area is 198 Å². The fourth-order valence-electron chi connectivity index (χ4n) is 3.78. The lowest BCUT2D eigenvalue weighted by Crippen LogP contribution is -2.47. The fourth-order valence-corrected chi connectivity index (χ4v) is 3.78. The molecule has 0 aliphatic carbocycles. The number of nitrogens with zero attached hydrogens (tertiary/aromatic N) is 3. The minimum absolute atomic E-state index is 0. The lowest BCUT2D eigenvalue weighted by Gasteiger charge is -2.35. The predicted molar refractivity (Wildman–Crippen MR) is 130 cm³/mol. The van der Waals surface area contributed by atoms with Crippen LogP contribution in [0.2, 0.25) is 0 Å². The highest BCUT2D eigenvalue weighted by atomic mass is 127. The molecule has 30 heavy (non-hydrogen) atoms. The Bertz CT molecular complexity index is 633. The number of aliphatic imine (C=N–C) groups is 1. The molecule has 2 aliphatic rings. The first kappa shape index (κ1) is 25.1. The van der Waals surface area contributed by atoms with E-state index in [1.54, 1.807) is 6.20 Å². The van der Waals surface area contributed by atoms with E-state index in [0.717, 1.165) is 63.6 Å². The Balaban J connectivity index is 0.00000320. The average molecular weight is 532 g/mol. The van der Waals surface area contributed by atoms with Crippen molar-refractivity contribution >= 4 is 29.9 Å². The number of rotatable bonds is 8. The van der Waals surface area contributed by atoms with Gasteiger partial charge in [0, 0.05) is 38.5 Å². The predicted octanol–water partition coefficient (Wildman–Crippen LogP) is 3.61. The number of halogens is 1. The molecule has 170 valence electrons. The van der Waals surface area contributed by atoms with Crippen molar-refractivity contribution in [3.05, 3.63) is 23.9 Å². The molecule has 2 saturated heterocycles. The van der Waals surface area contributed by atoms with Crippen LogP contribution in [0.3, 0.4) is 0 Å². The number of hydrogen-bond acceptors (Lipinski definition) is 5. The third-order valence-electron chi connectivity index (χ3n) is 5.37. The summed E-state index contributed by atoms with van der Waals surface area (Å²) in [4.78, 5) is 11.4. The summed E-state index contributed by atoms with van der Waals surface area (Å²) < 4.78 is 17.4. The van der Waals surface area contributed by atoms with Gasteiger partial charge in [0.15, 0.2) is 5.96 Å². The van der Waals surface area contributed by atoms with Gasteiger partial charge in [0.05, 0.1) is 32.0 Å². The van der Waals surface area contributed by atoms with Gasteiger partial charge < -0.3 is 24.4 Å². The number of likely N-dealkylation sites (tertiary alicyclic amines) is 1. The lowest BCUT2D eigenvalue weighted by molar-refractivity contribution is -0.0721. The topological polar surface area (TPSA) is 68.2 Å². The Morgan fingerprint density at radius 3 is 2.80 bits per heavy atom. The number of nitrogens with one attached hydrogen (secondary N) is 1. The van der Waals surface area contributed by atoms with E-state index in [1.165, 1.54) is 12.8 Å². The maximum Gasteiger partial charge on any atom is 0.213 e. The highest BCUT2D eigenvalue weighted by Crippen LogP contribution is 2.18. The summed E-state index contributed by atoms with van der Waals surface area (Å²) in [5, 5.41) is 3.43. The second-order valence-corrected chi connectivity index (χ2v) is 7.61. The Morgan fingerprint density at radius 1 is 1.27 bits per heavy atom. The quantitative estimate of drug-likeness (QED) is 0.314. The molecule has 2 fully saturated rings. The molecule has 1 N–H and O–H groups in total. The van der Waals surface area contributed by atoms with E-state index in [9.17, 15) is 0 Å². The molecule has 0 spiro atoms. The van der Waals surface area contributed by atoms with Gasteiger partial charge in [-0.1, -0.05) is 0 Å². The van der Waals surface area contributed by atoms with Gasteiger partial charge in [0.2, 0.25) is 5.88 Å². The SMILES string of the molecule is CCNC(=NCc1ccnc(OCC)c1)N1CCC(OCC2CCCCO2)CC1.I. The van der Waals surface area contributed by atoms with E-state index >= 15 is 0 Å². The Kier molecular flexibility index (Phi) is 11.8. The summed E-state index contributed by atoms with van der Waals surface area (Å²) in [5.41, 5.74) is 1.10. The van der Waals surface area contributed by atoms with Crippen molar-refractivity contribution < 1.29 is 14.2 Å². The Morgan fingerprint density at radius 2 is 2.10 bits per heavy atom. The molecule has 1 atom stereocenters. The van der Waals surface area contributed by atoms with Crippen LogP contribution >= 0.6 is 24.0 Å². The molecule has 0 aromatic carbocycles. The van der Waals surface area contributed by atoms with Crippen LogP contribution in [0, 0.1) is 0 Å². The average Bonchev–Trinajstić information content (AvgIpc) is 2.77. The summed E-state index contributed by atoms with van der Waals surface area (Å²) in [6.45, 7) is 9.70. The maximum absolute atomic E-state index is 6.14. The van der Waals surface area contributed by atoms with Crippen molar-refractivity contribution in [2.45, 2.75) is 64.7 Å². The van der Waals surface area contributed by atoms with Crippen LogP contribution in [-0.4, -0.2) is 67.5 Å². The third-order valence-corrected chi connectivity index (χ3v) is 5.37. The molecule has 0 saturated carbocycles. The normalized spacial score (nSPS) is 20.5. The first-order valence-corrected chi connectivity index (χ1v) is 11.1. The molecule has 7 nitrogen and oxygen atoms in total. The summed E-state index contributed by atoms with van der Waals surface area (Å²) in [6.07, 6.45) is 8.04. The number of piperidine rings is 1. The van der Waals surface area contributed by atoms with Crippen molar-refractivity contribution in [3.8, 4) is 5.88 Å². The summed E-state index contributed by atoms with van der Waals surface area (Å²) in [5.74, 6) is 1.63. The van der Waals surface area contributed by atoms with E-state index in [0.29, 0.717) is 31.2 Å². The number of ether oxygens (including phenoxy) is 3. The largest absolute Gasteiger partial charge is 0.478 e. The fraction of sp³-hybridized carbons (Fsp3) is 0.727. The zero-order valence-electron chi connectivity index (χ0n) is 18.3. The van der Waals surface area contributed by atoms with Crippen LogP contribution in [0.5, 0.6) is 5.88 Å². The van der Waals surface area contributed by atoms with Crippen LogP contribution in [0.4, 0.5) is 0 Å². The van der Waals surface area contributed by atoms with Crippen LogP contribution in [-0.2, 0) is 16.0 Å². The molecule has 0 amide bonds. The van der Waals surface area contributed by atoms with E-state index < -0.39 is 0 Å². The molecule has 2 aliphatic heterocycles. The van der Waals surface area contributed by atoms with Gasteiger partial charge in [-0.05, 0) is 57.6 Å². The van der Waals surface area contributed by atoms with E-state index in [4.69, 9.17) is 19.2 Å². The highest BCUT2D eigenvalue weighted by Gasteiger charge is 2.23. The number of hydrogen-bond donors (Lipinski definition) is 1. The van der Waals surface area contributed by atoms with Gasteiger partial charge >= 0.3 is 0 Å². The summed E-state index contributed by atoms with van der Waals surface area (Å²) in [7, 11) is 0. The lowest BCUT2D eigenvalue weighted by atomic mass is 10.1. The van der Waals surface area contributed by atoms with Crippen LogP contribution in [0.1, 0.15) is 51.5 Å². The number of pyridine rings is 1. The molecule has 3 rings (SSSR count). The molecule has 1 aromatic rings. The second-order valence-electron chi connectivity index (χ2n) is 7.61. The monoisotopic (exact) mass is 532 g/mol. The molecule has 1 unspecified atom stereocenters. The van der Waals surface area contributed by atoms with Crippen molar-refractivity contribution in [3.63, 3.8) is 0 Å². The van der Waals surface area contributed by atoms with Gasteiger partial charge in [-0.2, -0.15) is 0 Å². The smallest absolute Gasteiger partial charge is 0.213 e. The number of aromatic nitrogens is 1. The first-order valence-electron chi connectivity index (χ1n) is 11.1. The van der Waals surface area contributed by atoms with Crippen LogP contribution in [0.25, 0.3) is 0 Å². The molecular weight excluding hydrogens is 495 g/mol.